The van der Waals surface area contributed by atoms with Crippen LogP contribution in [-0.2, 0) is 19.2 Å². The van der Waals surface area contributed by atoms with E-state index in [1.807, 2.05) is 0 Å². The summed E-state index contributed by atoms with van der Waals surface area (Å²) in [5, 5.41) is 16.8. The number of carboxylic acid groups (broad SMARTS) is 2. The van der Waals surface area contributed by atoms with Gasteiger partial charge in [0.1, 0.15) is 11.6 Å². The van der Waals surface area contributed by atoms with Gasteiger partial charge in [-0.2, -0.15) is 0 Å². The summed E-state index contributed by atoms with van der Waals surface area (Å²) >= 11 is 0. The van der Waals surface area contributed by atoms with Crippen LogP contribution in [0.2, 0.25) is 0 Å². The van der Waals surface area contributed by atoms with Crippen LogP contribution in [0.3, 0.4) is 0 Å². The predicted molar refractivity (Wildman–Crippen MR) is 71.5 cm³/mol. The number of aliphatic carboxylic acids is 2. The molecule has 0 aliphatic carbocycles. The van der Waals surface area contributed by atoms with Gasteiger partial charge in [0.2, 0.25) is 0 Å². The minimum Gasteiger partial charge on any atom is -0.481 e. The average molecular weight is 286 g/mol. The molecule has 0 unspecified atom stereocenters. The molecule has 0 amide bonds. The van der Waals surface area contributed by atoms with Crippen molar-refractivity contribution in [1.29, 1.82) is 0 Å². The molecule has 0 radical (unpaired) electrons. The molecule has 6 heteroatoms. The predicted octanol–water partition coefficient (Wildman–Crippen LogP) is 2.19. The molecule has 0 aromatic heterocycles. The fraction of sp³-hybridized carbons (Fsp3) is 0.714. The summed E-state index contributed by atoms with van der Waals surface area (Å²) in [4.78, 5) is 43.3. The summed E-state index contributed by atoms with van der Waals surface area (Å²) in [6, 6.07) is 0. The minimum atomic E-state index is -0.908. The molecule has 0 atom stereocenters. The highest BCUT2D eigenvalue weighted by atomic mass is 16.4. The molecule has 0 spiro atoms. The van der Waals surface area contributed by atoms with E-state index in [1.165, 1.54) is 0 Å². The summed E-state index contributed by atoms with van der Waals surface area (Å²) in [5.74, 6) is -1.72. The van der Waals surface area contributed by atoms with Crippen molar-refractivity contribution in [2.75, 3.05) is 0 Å². The Labute approximate surface area is 118 Å². The summed E-state index contributed by atoms with van der Waals surface area (Å²) in [7, 11) is 0. The van der Waals surface area contributed by atoms with Crippen LogP contribution in [-0.4, -0.2) is 33.7 Å². The monoisotopic (exact) mass is 286 g/mol. The fourth-order valence-electron chi connectivity index (χ4n) is 1.77. The zero-order chi connectivity index (χ0) is 15.4. The second-order valence-electron chi connectivity index (χ2n) is 4.78. The lowest BCUT2D eigenvalue weighted by atomic mass is 10.0. The minimum absolute atomic E-state index is 0.00571. The number of hydrogen-bond donors (Lipinski definition) is 2. The van der Waals surface area contributed by atoms with Crippen LogP contribution < -0.4 is 0 Å². The summed E-state index contributed by atoms with van der Waals surface area (Å²) in [5.41, 5.74) is 0. The van der Waals surface area contributed by atoms with Crippen LogP contribution in [0.4, 0.5) is 0 Å². The quantitative estimate of drug-likeness (QED) is 0.502. The molecule has 0 bridgehead atoms. The first-order valence-electron chi connectivity index (χ1n) is 6.89. The SMILES string of the molecule is O=C(O)CCCCC(=O)CCCC(=O)CCCC(=O)O. The van der Waals surface area contributed by atoms with Crippen molar-refractivity contribution in [3.63, 3.8) is 0 Å². The van der Waals surface area contributed by atoms with E-state index in [4.69, 9.17) is 10.2 Å². The Morgan fingerprint density at radius 1 is 0.500 bits per heavy atom. The lowest BCUT2D eigenvalue weighted by Crippen LogP contribution is -2.04. The van der Waals surface area contributed by atoms with Crippen molar-refractivity contribution in [3.05, 3.63) is 0 Å². The van der Waals surface area contributed by atoms with Crippen molar-refractivity contribution >= 4 is 23.5 Å². The highest BCUT2D eigenvalue weighted by Gasteiger charge is 2.07. The molecule has 0 saturated carbocycles. The van der Waals surface area contributed by atoms with Crippen molar-refractivity contribution in [2.24, 2.45) is 0 Å². The van der Waals surface area contributed by atoms with Gasteiger partial charge in [-0.1, -0.05) is 0 Å². The largest absolute Gasteiger partial charge is 0.481 e. The third-order valence-electron chi connectivity index (χ3n) is 2.85. The molecule has 0 heterocycles. The smallest absolute Gasteiger partial charge is 0.303 e. The average Bonchev–Trinajstić information content (AvgIpc) is 2.34. The summed E-state index contributed by atoms with van der Waals surface area (Å²) in [6.07, 6.45) is 3.22. The normalized spacial score (nSPS) is 10.2. The van der Waals surface area contributed by atoms with Gasteiger partial charge in [-0.05, 0) is 25.7 Å². The Balaban J connectivity index is 3.48. The van der Waals surface area contributed by atoms with E-state index in [0.29, 0.717) is 44.9 Å². The molecule has 2 N–H and O–H groups in total. The van der Waals surface area contributed by atoms with Crippen molar-refractivity contribution in [1.82, 2.24) is 0 Å². The fourth-order valence-corrected chi connectivity index (χ4v) is 1.77. The van der Waals surface area contributed by atoms with Gasteiger partial charge in [-0.25, -0.2) is 0 Å². The number of hydrogen-bond acceptors (Lipinski definition) is 4. The van der Waals surface area contributed by atoms with Crippen LogP contribution in [0.5, 0.6) is 0 Å². The van der Waals surface area contributed by atoms with E-state index < -0.39 is 11.9 Å². The van der Waals surface area contributed by atoms with Gasteiger partial charge in [0.25, 0.3) is 0 Å². The molecule has 0 aromatic rings. The van der Waals surface area contributed by atoms with E-state index >= 15 is 0 Å². The highest BCUT2D eigenvalue weighted by Crippen LogP contribution is 2.08. The maximum Gasteiger partial charge on any atom is 0.303 e. The molecule has 20 heavy (non-hydrogen) atoms. The lowest BCUT2D eigenvalue weighted by Gasteiger charge is -2.01. The third-order valence-corrected chi connectivity index (χ3v) is 2.85. The Bertz CT molecular complexity index is 348. The first-order chi connectivity index (χ1) is 9.41. The van der Waals surface area contributed by atoms with Crippen LogP contribution in [0.25, 0.3) is 0 Å². The zero-order valence-corrected chi connectivity index (χ0v) is 11.6. The van der Waals surface area contributed by atoms with Gasteiger partial charge in [0.05, 0.1) is 0 Å². The van der Waals surface area contributed by atoms with Crippen LogP contribution in [0.15, 0.2) is 0 Å². The molecule has 0 aliphatic rings. The Morgan fingerprint density at radius 2 is 0.800 bits per heavy atom. The first kappa shape index (κ1) is 18.3. The van der Waals surface area contributed by atoms with Gasteiger partial charge in [-0.3, -0.25) is 19.2 Å². The van der Waals surface area contributed by atoms with E-state index in [1.54, 1.807) is 0 Å². The van der Waals surface area contributed by atoms with Gasteiger partial charge >= 0.3 is 11.9 Å². The van der Waals surface area contributed by atoms with Gasteiger partial charge < -0.3 is 10.2 Å². The molecule has 0 aliphatic heterocycles. The molecule has 0 fully saturated rings. The van der Waals surface area contributed by atoms with Crippen LogP contribution in [0, 0.1) is 0 Å². The number of carbonyl (C=O) groups is 4. The molecule has 6 nitrogen and oxygen atoms in total. The first-order valence-corrected chi connectivity index (χ1v) is 6.89. The molecule has 0 rings (SSSR count). The van der Waals surface area contributed by atoms with E-state index in [0.717, 1.165) is 0 Å². The zero-order valence-electron chi connectivity index (χ0n) is 11.6. The maximum absolute atomic E-state index is 11.4. The Hall–Kier alpha value is -1.72. The van der Waals surface area contributed by atoms with E-state index in [2.05, 4.69) is 0 Å². The summed E-state index contributed by atoms with van der Waals surface area (Å²) < 4.78 is 0. The second kappa shape index (κ2) is 11.1. The third kappa shape index (κ3) is 12.7. The number of rotatable bonds is 13. The van der Waals surface area contributed by atoms with Gasteiger partial charge in [-0.15, -0.1) is 0 Å². The topological polar surface area (TPSA) is 109 Å². The number of carbonyl (C=O) groups excluding carboxylic acids is 2. The van der Waals surface area contributed by atoms with E-state index in [-0.39, 0.29) is 30.8 Å². The molecule has 0 saturated heterocycles. The number of carboxylic acids is 2. The van der Waals surface area contributed by atoms with Crippen molar-refractivity contribution in [2.45, 2.75) is 64.2 Å². The number of ketones is 2. The summed E-state index contributed by atoms with van der Waals surface area (Å²) in [6.45, 7) is 0. The number of unbranched alkanes of at least 4 members (excludes halogenated alkanes) is 1. The van der Waals surface area contributed by atoms with Crippen LogP contribution >= 0.6 is 0 Å². The molecular formula is C14H22O6. The molecular weight excluding hydrogens is 264 g/mol. The highest BCUT2D eigenvalue weighted by molar-refractivity contribution is 5.81. The Morgan fingerprint density at radius 3 is 1.25 bits per heavy atom. The van der Waals surface area contributed by atoms with Crippen molar-refractivity contribution < 1.29 is 29.4 Å². The standard InChI is InChI=1S/C14H22O6/c15-11(5-1-2-9-13(17)18)6-3-7-12(16)8-4-10-14(19)20/h1-10H2,(H,17,18)(H,19,20). The lowest BCUT2D eigenvalue weighted by molar-refractivity contribution is -0.138. The van der Waals surface area contributed by atoms with Crippen molar-refractivity contribution in [3.8, 4) is 0 Å². The molecule has 114 valence electrons. The number of Topliss-reactive ketones (excluding diaryl/α,β-unsaturated/α-hetero) is 2. The molecule has 0 aromatic carbocycles. The Kier molecular flexibility index (Phi) is 10.2. The maximum atomic E-state index is 11.4. The second-order valence-corrected chi connectivity index (χ2v) is 4.78. The van der Waals surface area contributed by atoms with Crippen LogP contribution in [0.1, 0.15) is 64.2 Å². The van der Waals surface area contributed by atoms with Gasteiger partial charge in [0.15, 0.2) is 0 Å². The van der Waals surface area contributed by atoms with Gasteiger partial charge in [0, 0.05) is 38.5 Å². The van der Waals surface area contributed by atoms with E-state index in [9.17, 15) is 19.2 Å².